The summed E-state index contributed by atoms with van der Waals surface area (Å²) in [5.74, 6) is 0. The molecule has 7 nitrogen and oxygen atoms in total. The summed E-state index contributed by atoms with van der Waals surface area (Å²) < 4.78 is 26.4. The van der Waals surface area contributed by atoms with Crippen LogP contribution in [-0.2, 0) is 10.0 Å². The van der Waals surface area contributed by atoms with Crippen LogP contribution in [-0.4, -0.2) is 37.8 Å². The van der Waals surface area contributed by atoms with Gasteiger partial charge in [-0.3, -0.25) is 10.1 Å². The fourth-order valence-corrected chi connectivity index (χ4v) is 3.93. The molecular formula is C12H17N3O4S. The molecule has 0 bridgehead atoms. The van der Waals surface area contributed by atoms with E-state index in [0.717, 1.165) is 19.3 Å². The highest BCUT2D eigenvalue weighted by Crippen LogP contribution is 2.30. The first kappa shape index (κ1) is 14.7. The number of nitro benzene ring substituents is 1. The van der Waals surface area contributed by atoms with Crippen molar-refractivity contribution in [2.75, 3.05) is 25.5 Å². The largest absolute Gasteiger partial charge is 0.388 e. The number of piperidine rings is 1. The first-order valence-corrected chi connectivity index (χ1v) is 7.87. The molecule has 0 radical (unpaired) electrons. The predicted octanol–water partition coefficient (Wildman–Crippen LogP) is 1.81. The molecular weight excluding hydrogens is 282 g/mol. The summed E-state index contributed by atoms with van der Waals surface area (Å²) >= 11 is 0. The van der Waals surface area contributed by atoms with Crippen molar-refractivity contribution in [1.82, 2.24) is 4.31 Å². The van der Waals surface area contributed by atoms with Crippen molar-refractivity contribution in [2.45, 2.75) is 24.2 Å². The Balaban J connectivity index is 2.47. The lowest BCUT2D eigenvalue weighted by atomic mass is 10.2. The van der Waals surface area contributed by atoms with Gasteiger partial charge in [0.1, 0.15) is 0 Å². The number of hydrogen-bond acceptors (Lipinski definition) is 5. The fraction of sp³-hybridized carbons (Fsp3) is 0.500. The van der Waals surface area contributed by atoms with Gasteiger partial charge in [-0.1, -0.05) is 6.42 Å². The Morgan fingerprint density at radius 1 is 1.25 bits per heavy atom. The molecule has 1 saturated heterocycles. The SMILES string of the molecule is CNc1ccc(S(=O)(=O)N2CCCCC2)c([N+](=O)[O-])c1. The smallest absolute Gasteiger partial charge is 0.291 e. The van der Waals surface area contributed by atoms with E-state index in [1.54, 1.807) is 7.05 Å². The third-order valence-electron chi connectivity index (χ3n) is 3.38. The van der Waals surface area contributed by atoms with Gasteiger partial charge in [-0.2, -0.15) is 4.31 Å². The van der Waals surface area contributed by atoms with Gasteiger partial charge in [-0.05, 0) is 25.0 Å². The number of nitrogens with one attached hydrogen (secondary N) is 1. The van der Waals surface area contributed by atoms with E-state index >= 15 is 0 Å². The molecule has 1 N–H and O–H groups in total. The van der Waals surface area contributed by atoms with Gasteiger partial charge in [0.05, 0.1) is 4.92 Å². The highest BCUT2D eigenvalue weighted by molar-refractivity contribution is 7.89. The van der Waals surface area contributed by atoms with Gasteiger partial charge in [-0.15, -0.1) is 0 Å². The molecule has 2 rings (SSSR count). The maximum Gasteiger partial charge on any atom is 0.291 e. The topological polar surface area (TPSA) is 92.6 Å². The monoisotopic (exact) mass is 299 g/mol. The molecule has 1 aromatic rings. The average Bonchev–Trinajstić information content (AvgIpc) is 2.47. The zero-order valence-electron chi connectivity index (χ0n) is 11.2. The minimum atomic E-state index is -3.80. The van der Waals surface area contributed by atoms with E-state index in [1.165, 1.54) is 22.5 Å². The Kier molecular flexibility index (Phi) is 4.24. The number of nitro groups is 1. The zero-order chi connectivity index (χ0) is 14.8. The highest BCUT2D eigenvalue weighted by Gasteiger charge is 2.32. The Hall–Kier alpha value is -1.67. The second kappa shape index (κ2) is 5.76. The Bertz CT molecular complexity index is 609. The second-order valence-electron chi connectivity index (χ2n) is 4.65. The standard InChI is InChI=1S/C12H17N3O4S/c1-13-10-5-6-12(11(9-10)15(16)17)20(18,19)14-7-3-2-4-8-14/h5-6,9,13H,2-4,7-8H2,1H3. The number of hydrogen-bond donors (Lipinski definition) is 1. The van der Waals surface area contributed by atoms with E-state index in [-0.39, 0.29) is 10.6 Å². The average molecular weight is 299 g/mol. The summed E-state index contributed by atoms with van der Waals surface area (Å²) in [5, 5.41) is 13.9. The first-order valence-electron chi connectivity index (χ1n) is 6.43. The van der Waals surface area contributed by atoms with Crippen LogP contribution in [0.3, 0.4) is 0 Å². The van der Waals surface area contributed by atoms with E-state index in [9.17, 15) is 18.5 Å². The van der Waals surface area contributed by atoms with Crippen LogP contribution >= 0.6 is 0 Å². The molecule has 0 atom stereocenters. The fourth-order valence-electron chi connectivity index (χ4n) is 2.28. The molecule has 0 aliphatic carbocycles. The van der Waals surface area contributed by atoms with E-state index in [1.807, 2.05) is 0 Å². The summed E-state index contributed by atoms with van der Waals surface area (Å²) in [5.41, 5.74) is 0.122. The van der Waals surface area contributed by atoms with Gasteiger partial charge >= 0.3 is 0 Å². The van der Waals surface area contributed by atoms with Crippen LogP contribution < -0.4 is 5.32 Å². The molecule has 1 heterocycles. The Morgan fingerprint density at radius 2 is 1.90 bits per heavy atom. The molecule has 1 aliphatic heterocycles. The van der Waals surface area contributed by atoms with Crippen molar-refractivity contribution >= 4 is 21.4 Å². The van der Waals surface area contributed by atoms with Crippen molar-refractivity contribution < 1.29 is 13.3 Å². The number of nitrogens with zero attached hydrogens (tertiary/aromatic N) is 2. The molecule has 0 amide bonds. The number of benzene rings is 1. The number of anilines is 1. The molecule has 0 saturated carbocycles. The van der Waals surface area contributed by atoms with E-state index < -0.39 is 14.9 Å². The molecule has 0 aromatic heterocycles. The Labute approximate surface area is 117 Å². The summed E-state index contributed by atoms with van der Waals surface area (Å²) in [6.45, 7) is 0.848. The lowest BCUT2D eigenvalue weighted by molar-refractivity contribution is -0.387. The molecule has 0 unspecified atom stereocenters. The molecule has 1 aliphatic rings. The van der Waals surface area contributed by atoms with Crippen LogP contribution in [0.4, 0.5) is 11.4 Å². The number of rotatable bonds is 4. The third kappa shape index (κ3) is 2.75. The van der Waals surface area contributed by atoms with Crippen molar-refractivity contribution in [3.8, 4) is 0 Å². The highest BCUT2D eigenvalue weighted by atomic mass is 32.2. The normalized spacial score (nSPS) is 16.9. The summed E-state index contributed by atoms with van der Waals surface area (Å²) in [7, 11) is -2.18. The van der Waals surface area contributed by atoms with Crippen molar-refractivity contribution in [2.24, 2.45) is 0 Å². The predicted molar refractivity (Wildman–Crippen MR) is 75.3 cm³/mol. The van der Waals surface area contributed by atoms with Gasteiger partial charge < -0.3 is 5.32 Å². The maximum atomic E-state index is 12.5. The first-order chi connectivity index (χ1) is 9.46. The van der Waals surface area contributed by atoms with Gasteiger partial charge in [0, 0.05) is 31.9 Å². The summed E-state index contributed by atoms with van der Waals surface area (Å²) in [6.07, 6.45) is 2.58. The van der Waals surface area contributed by atoms with Crippen LogP contribution in [0.5, 0.6) is 0 Å². The lowest BCUT2D eigenvalue weighted by Gasteiger charge is -2.25. The van der Waals surface area contributed by atoms with Gasteiger partial charge in [0.2, 0.25) is 10.0 Å². The van der Waals surface area contributed by atoms with Crippen LogP contribution in [0.15, 0.2) is 23.1 Å². The minimum Gasteiger partial charge on any atom is -0.388 e. The molecule has 110 valence electrons. The van der Waals surface area contributed by atoms with Crippen LogP contribution in [0.25, 0.3) is 0 Å². The van der Waals surface area contributed by atoms with Crippen LogP contribution in [0.1, 0.15) is 19.3 Å². The van der Waals surface area contributed by atoms with Crippen molar-refractivity contribution in [1.29, 1.82) is 0 Å². The van der Waals surface area contributed by atoms with Crippen molar-refractivity contribution in [3.63, 3.8) is 0 Å². The Morgan fingerprint density at radius 3 is 2.45 bits per heavy atom. The second-order valence-corrected chi connectivity index (χ2v) is 6.56. The molecule has 20 heavy (non-hydrogen) atoms. The van der Waals surface area contributed by atoms with E-state index in [4.69, 9.17) is 0 Å². The van der Waals surface area contributed by atoms with Gasteiger partial charge in [0.25, 0.3) is 5.69 Å². The number of sulfonamides is 1. The molecule has 1 aromatic carbocycles. The molecule has 0 spiro atoms. The minimum absolute atomic E-state index is 0.233. The van der Waals surface area contributed by atoms with Crippen LogP contribution in [0, 0.1) is 10.1 Å². The lowest BCUT2D eigenvalue weighted by Crippen LogP contribution is -2.35. The van der Waals surface area contributed by atoms with Crippen LogP contribution in [0.2, 0.25) is 0 Å². The van der Waals surface area contributed by atoms with Crippen molar-refractivity contribution in [3.05, 3.63) is 28.3 Å². The summed E-state index contributed by atoms with van der Waals surface area (Å²) in [4.78, 5) is 10.2. The maximum absolute atomic E-state index is 12.5. The molecule has 8 heteroatoms. The molecule has 1 fully saturated rings. The summed E-state index contributed by atoms with van der Waals surface area (Å²) in [6, 6.07) is 4.08. The third-order valence-corrected chi connectivity index (χ3v) is 5.32. The quantitative estimate of drug-likeness (QED) is 0.676. The van der Waals surface area contributed by atoms with E-state index in [2.05, 4.69) is 5.32 Å². The zero-order valence-corrected chi connectivity index (χ0v) is 12.0. The van der Waals surface area contributed by atoms with Gasteiger partial charge in [-0.25, -0.2) is 8.42 Å². The van der Waals surface area contributed by atoms with Gasteiger partial charge in [0.15, 0.2) is 4.90 Å². The van der Waals surface area contributed by atoms with E-state index in [0.29, 0.717) is 18.8 Å².